The summed E-state index contributed by atoms with van der Waals surface area (Å²) in [5, 5.41) is 2.77. The summed E-state index contributed by atoms with van der Waals surface area (Å²) in [6.45, 7) is 0.0168. The lowest BCUT2D eigenvalue weighted by Gasteiger charge is -2.43. The first kappa shape index (κ1) is 18.0. The first-order valence-electron chi connectivity index (χ1n) is 8.70. The third-order valence-electron chi connectivity index (χ3n) is 5.44. The number of halogens is 3. The van der Waals surface area contributed by atoms with E-state index >= 15 is 0 Å². The van der Waals surface area contributed by atoms with Gasteiger partial charge in [-0.2, -0.15) is 0 Å². The van der Waals surface area contributed by atoms with Gasteiger partial charge in [-0.15, -0.1) is 13.2 Å². The smallest absolute Gasteiger partial charge is 0.405 e. The van der Waals surface area contributed by atoms with Crippen molar-refractivity contribution in [2.24, 2.45) is 23.5 Å². The van der Waals surface area contributed by atoms with Crippen molar-refractivity contribution in [2.75, 3.05) is 0 Å². The highest BCUT2D eigenvalue weighted by Crippen LogP contribution is 2.42. The summed E-state index contributed by atoms with van der Waals surface area (Å²) in [7, 11) is 0. The van der Waals surface area contributed by atoms with Gasteiger partial charge in [0.25, 0.3) is 0 Å². The number of fused-ring (bicyclic) bond motifs is 2. The lowest BCUT2D eigenvalue weighted by Crippen LogP contribution is -2.49. The van der Waals surface area contributed by atoms with Crippen LogP contribution in [0.3, 0.4) is 0 Å². The van der Waals surface area contributed by atoms with Crippen LogP contribution in [-0.2, 0) is 11.3 Å². The number of para-hydroxylation sites is 1. The predicted octanol–water partition coefficient (Wildman–Crippen LogP) is 3.36. The molecule has 0 aliphatic heterocycles. The number of nitrogens with two attached hydrogens (primary N) is 1. The molecule has 7 heteroatoms. The van der Waals surface area contributed by atoms with Gasteiger partial charge < -0.3 is 15.8 Å². The van der Waals surface area contributed by atoms with E-state index in [1.54, 1.807) is 6.07 Å². The Kier molecular flexibility index (Phi) is 5.22. The maximum Gasteiger partial charge on any atom is 0.573 e. The molecule has 138 valence electrons. The second-order valence-electron chi connectivity index (χ2n) is 7.07. The second-order valence-corrected chi connectivity index (χ2v) is 7.07. The number of carbonyl (C=O) groups excluding carboxylic acids is 1. The maximum atomic E-state index is 12.5. The third kappa shape index (κ3) is 4.45. The maximum absolute atomic E-state index is 12.5. The summed E-state index contributed by atoms with van der Waals surface area (Å²) < 4.78 is 41.4. The van der Waals surface area contributed by atoms with E-state index in [1.807, 2.05) is 0 Å². The van der Waals surface area contributed by atoms with Gasteiger partial charge in [-0.25, -0.2) is 0 Å². The number of ether oxygens (including phenoxy) is 1. The van der Waals surface area contributed by atoms with Crippen LogP contribution >= 0.6 is 0 Å². The minimum atomic E-state index is -4.75. The Bertz CT molecular complexity index is 607. The number of benzene rings is 1. The van der Waals surface area contributed by atoms with Crippen molar-refractivity contribution < 1.29 is 22.7 Å². The summed E-state index contributed by atoms with van der Waals surface area (Å²) in [5.74, 6) is 0.266. The minimum absolute atomic E-state index is 0.0168. The van der Waals surface area contributed by atoms with E-state index < -0.39 is 6.36 Å². The number of hydrogen-bond donors (Lipinski definition) is 2. The van der Waals surface area contributed by atoms with E-state index in [4.69, 9.17) is 5.73 Å². The number of nitrogens with one attached hydrogen (secondary N) is 1. The molecule has 0 radical (unpaired) electrons. The van der Waals surface area contributed by atoms with E-state index in [-0.39, 0.29) is 30.2 Å². The van der Waals surface area contributed by atoms with Crippen LogP contribution in [0.5, 0.6) is 5.75 Å². The summed E-state index contributed by atoms with van der Waals surface area (Å²) in [5.41, 5.74) is 6.54. The fourth-order valence-electron chi connectivity index (χ4n) is 4.20. The highest BCUT2D eigenvalue weighted by molar-refractivity contribution is 5.78. The van der Waals surface area contributed by atoms with Crippen LogP contribution in [0.4, 0.5) is 13.2 Å². The van der Waals surface area contributed by atoms with Gasteiger partial charge in [-0.3, -0.25) is 4.79 Å². The first-order valence-corrected chi connectivity index (χ1v) is 8.70. The lowest BCUT2D eigenvalue weighted by atomic mass is 9.65. The van der Waals surface area contributed by atoms with Crippen molar-refractivity contribution in [3.63, 3.8) is 0 Å². The quantitative estimate of drug-likeness (QED) is 0.870. The van der Waals surface area contributed by atoms with Crippen LogP contribution in [0.2, 0.25) is 0 Å². The normalized spacial score (nSPS) is 29.1. The fraction of sp³-hybridized carbons (Fsp3) is 0.611. The highest BCUT2D eigenvalue weighted by atomic mass is 19.4. The van der Waals surface area contributed by atoms with Gasteiger partial charge in [0.05, 0.1) is 0 Å². The molecule has 0 aromatic heterocycles. The molecule has 3 rings (SSSR count). The molecule has 4 nitrogen and oxygen atoms in total. The van der Waals surface area contributed by atoms with E-state index in [9.17, 15) is 18.0 Å². The van der Waals surface area contributed by atoms with Crippen LogP contribution in [0.25, 0.3) is 0 Å². The molecular weight excluding hydrogens is 333 g/mol. The number of amides is 1. The number of alkyl halides is 3. The van der Waals surface area contributed by atoms with Crippen LogP contribution in [0.1, 0.15) is 37.7 Å². The topological polar surface area (TPSA) is 64.4 Å². The van der Waals surface area contributed by atoms with Crippen molar-refractivity contribution >= 4 is 5.91 Å². The Morgan fingerprint density at radius 3 is 2.48 bits per heavy atom. The largest absolute Gasteiger partial charge is 0.573 e. The lowest BCUT2D eigenvalue weighted by molar-refractivity contribution is -0.274. The molecule has 0 heterocycles. The summed E-state index contributed by atoms with van der Waals surface area (Å²) in [4.78, 5) is 12.5. The molecule has 2 saturated carbocycles. The van der Waals surface area contributed by atoms with Gasteiger partial charge in [0.2, 0.25) is 5.91 Å². The van der Waals surface area contributed by atoms with E-state index in [1.165, 1.54) is 24.6 Å². The molecule has 2 bridgehead atoms. The van der Waals surface area contributed by atoms with Crippen molar-refractivity contribution in [1.29, 1.82) is 0 Å². The average molecular weight is 356 g/mol. The Labute approximate surface area is 144 Å². The Morgan fingerprint density at radius 2 is 1.84 bits per heavy atom. The molecule has 1 aromatic rings. The Hall–Kier alpha value is -1.76. The van der Waals surface area contributed by atoms with Crippen molar-refractivity contribution in [2.45, 2.75) is 51.1 Å². The second kappa shape index (κ2) is 7.23. The zero-order valence-corrected chi connectivity index (χ0v) is 13.9. The molecular formula is C18H23F3N2O2. The van der Waals surface area contributed by atoms with Crippen LogP contribution in [-0.4, -0.2) is 18.3 Å². The zero-order valence-electron chi connectivity index (χ0n) is 13.9. The van der Waals surface area contributed by atoms with Gasteiger partial charge in [-0.1, -0.05) is 24.6 Å². The molecule has 3 N–H and O–H groups in total. The predicted molar refractivity (Wildman–Crippen MR) is 86.5 cm³/mol. The number of carbonyl (C=O) groups is 1. The van der Waals surface area contributed by atoms with Gasteiger partial charge in [0, 0.05) is 24.1 Å². The van der Waals surface area contributed by atoms with Crippen LogP contribution < -0.4 is 15.8 Å². The number of hydrogen-bond acceptors (Lipinski definition) is 3. The standard InChI is InChI=1S/C18H23F3N2O2/c19-18(20,21)25-15-7-2-1-4-13(15)10-23-17(24)14-8-11-5-3-6-12(9-14)16(11)22/h1-2,4,7,11-12,14,16H,3,5-6,8-10,22H2,(H,23,24). The first-order chi connectivity index (χ1) is 11.8. The van der Waals surface area contributed by atoms with E-state index in [0.29, 0.717) is 17.4 Å². The molecule has 1 aromatic carbocycles. The molecule has 2 atom stereocenters. The fourth-order valence-corrected chi connectivity index (χ4v) is 4.20. The molecule has 2 aliphatic rings. The highest BCUT2D eigenvalue weighted by Gasteiger charge is 2.40. The Balaban J connectivity index is 1.60. The summed E-state index contributed by atoms with van der Waals surface area (Å²) in [6, 6.07) is 6.04. The van der Waals surface area contributed by atoms with Crippen molar-refractivity contribution in [1.82, 2.24) is 5.32 Å². The zero-order chi connectivity index (χ0) is 18.0. The van der Waals surface area contributed by atoms with Crippen molar-refractivity contribution in [3.05, 3.63) is 29.8 Å². The molecule has 25 heavy (non-hydrogen) atoms. The molecule has 0 spiro atoms. The summed E-state index contributed by atoms with van der Waals surface area (Å²) in [6.07, 6.45) is 0.0679. The minimum Gasteiger partial charge on any atom is -0.405 e. The van der Waals surface area contributed by atoms with Crippen LogP contribution in [0.15, 0.2) is 24.3 Å². The average Bonchev–Trinajstić information content (AvgIpc) is 2.52. The summed E-state index contributed by atoms with van der Waals surface area (Å²) >= 11 is 0. The third-order valence-corrected chi connectivity index (χ3v) is 5.44. The van der Waals surface area contributed by atoms with Gasteiger partial charge >= 0.3 is 6.36 Å². The van der Waals surface area contributed by atoms with Gasteiger partial charge in [0.15, 0.2) is 0 Å². The molecule has 0 saturated heterocycles. The number of rotatable bonds is 4. The Morgan fingerprint density at radius 1 is 1.20 bits per heavy atom. The molecule has 2 fully saturated rings. The van der Waals surface area contributed by atoms with Crippen LogP contribution in [0, 0.1) is 17.8 Å². The molecule has 1 amide bonds. The van der Waals surface area contributed by atoms with E-state index in [0.717, 1.165) is 25.7 Å². The monoisotopic (exact) mass is 356 g/mol. The molecule has 2 aliphatic carbocycles. The SMILES string of the molecule is NC1C2CCCC1CC(C(=O)NCc1ccccc1OC(F)(F)F)C2. The van der Waals surface area contributed by atoms with Crippen molar-refractivity contribution in [3.8, 4) is 5.75 Å². The molecule has 2 unspecified atom stereocenters. The van der Waals surface area contributed by atoms with Gasteiger partial charge in [0.1, 0.15) is 5.75 Å². The van der Waals surface area contributed by atoms with Gasteiger partial charge in [-0.05, 0) is 43.6 Å². The van der Waals surface area contributed by atoms with E-state index in [2.05, 4.69) is 10.1 Å².